The predicted molar refractivity (Wildman–Crippen MR) is 85.4 cm³/mol. The molecule has 1 aromatic rings. The maximum atomic E-state index is 4.62. The SMILES string of the molecule is CCCc1c(NCC)ncnc1N1CC(C)CCC1C. The molecule has 0 amide bonds. The van der Waals surface area contributed by atoms with Crippen LogP contribution in [0.25, 0.3) is 0 Å². The second kappa shape index (κ2) is 6.91. The lowest BCUT2D eigenvalue weighted by Crippen LogP contribution is -2.42. The molecule has 1 fully saturated rings. The van der Waals surface area contributed by atoms with Gasteiger partial charge >= 0.3 is 0 Å². The molecule has 4 heteroatoms. The van der Waals surface area contributed by atoms with Crippen LogP contribution in [0.3, 0.4) is 0 Å². The third-order valence-corrected chi connectivity index (χ3v) is 4.16. The van der Waals surface area contributed by atoms with Crippen molar-refractivity contribution in [1.82, 2.24) is 9.97 Å². The van der Waals surface area contributed by atoms with Crippen LogP contribution in [-0.2, 0) is 6.42 Å². The second-order valence-corrected chi connectivity index (χ2v) is 5.99. The van der Waals surface area contributed by atoms with Crippen LogP contribution in [-0.4, -0.2) is 29.1 Å². The van der Waals surface area contributed by atoms with Gasteiger partial charge in [0, 0.05) is 24.7 Å². The molecule has 2 heterocycles. The first-order chi connectivity index (χ1) is 9.67. The van der Waals surface area contributed by atoms with Gasteiger partial charge in [-0.25, -0.2) is 9.97 Å². The van der Waals surface area contributed by atoms with Gasteiger partial charge in [0.1, 0.15) is 18.0 Å². The average Bonchev–Trinajstić information content (AvgIpc) is 2.44. The molecule has 2 atom stereocenters. The highest BCUT2D eigenvalue weighted by molar-refractivity contribution is 5.59. The summed E-state index contributed by atoms with van der Waals surface area (Å²) in [4.78, 5) is 11.5. The van der Waals surface area contributed by atoms with Crippen molar-refractivity contribution in [3.8, 4) is 0 Å². The van der Waals surface area contributed by atoms with Crippen molar-refractivity contribution < 1.29 is 0 Å². The smallest absolute Gasteiger partial charge is 0.137 e. The largest absolute Gasteiger partial charge is 0.370 e. The van der Waals surface area contributed by atoms with Crippen molar-refractivity contribution >= 4 is 11.6 Å². The lowest BCUT2D eigenvalue weighted by molar-refractivity contribution is 0.387. The van der Waals surface area contributed by atoms with E-state index in [1.54, 1.807) is 6.33 Å². The Bertz CT molecular complexity index is 432. The van der Waals surface area contributed by atoms with Gasteiger partial charge < -0.3 is 10.2 Å². The first-order valence-corrected chi connectivity index (χ1v) is 8.01. The van der Waals surface area contributed by atoms with Gasteiger partial charge in [0.2, 0.25) is 0 Å². The van der Waals surface area contributed by atoms with E-state index in [2.05, 4.69) is 47.9 Å². The Morgan fingerprint density at radius 3 is 2.75 bits per heavy atom. The van der Waals surface area contributed by atoms with Gasteiger partial charge in [-0.15, -0.1) is 0 Å². The van der Waals surface area contributed by atoms with Crippen LogP contribution in [0.15, 0.2) is 6.33 Å². The van der Waals surface area contributed by atoms with Crippen LogP contribution in [0.5, 0.6) is 0 Å². The molecule has 1 aliphatic heterocycles. The summed E-state index contributed by atoms with van der Waals surface area (Å²) < 4.78 is 0. The fourth-order valence-corrected chi connectivity index (χ4v) is 3.03. The van der Waals surface area contributed by atoms with Crippen LogP contribution in [0.4, 0.5) is 11.6 Å². The topological polar surface area (TPSA) is 41.1 Å². The highest BCUT2D eigenvalue weighted by Gasteiger charge is 2.26. The van der Waals surface area contributed by atoms with Gasteiger partial charge in [-0.1, -0.05) is 20.3 Å². The van der Waals surface area contributed by atoms with Crippen LogP contribution in [0.1, 0.15) is 52.5 Å². The van der Waals surface area contributed by atoms with Gasteiger partial charge in [-0.2, -0.15) is 0 Å². The number of hydrogen-bond acceptors (Lipinski definition) is 4. The van der Waals surface area contributed by atoms with E-state index in [0.717, 1.165) is 43.5 Å². The molecule has 1 saturated heterocycles. The Morgan fingerprint density at radius 2 is 2.05 bits per heavy atom. The Hall–Kier alpha value is -1.32. The second-order valence-electron chi connectivity index (χ2n) is 5.99. The summed E-state index contributed by atoms with van der Waals surface area (Å²) in [6.45, 7) is 11.0. The molecule has 20 heavy (non-hydrogen) atoms. The standard InChI is InChI=1S/C16H28N4/c1-5-7-14-15(17-6-2)18-11-19-16(14)20-10-12(3)8-9-13(20)4/h11-13H,5-10H2,1-4H3,(H,17,18,19). The van der Waals surface area contributed by atoms with Crippen molar-refractivity contribution in [2.75, 3.05) is 23.3 Å². The van der Waals surface area contributed by atoms with Gasteiger partial charge in [0.15, 0.2) is 0 Å². The summed E-state index contributed by atoms with van der Waals surface area (Å²) >= 11 is 0. The summed E-state index contributed by atoms with van der Waals surface area (Å²) in [6, 6.07) is 0.575. The van der Waals surface area contributed by atoms with E-state index in [4.69, 9.17) is 0 Å². The number of rotatable bonds is 5. The average molecular weight is 276 g/mol. The summed E-state index contributed by atoms with van der Waals surface area (Å²) in [5.74, 6) is 2.92. The van der Waals surface area contributed by atoms with Crippen molar-refractivity contribution in [1.29, 1.82) is 0 Å². The van der Waals surface area contributed by atoms with Crippen molar-refractivity contribution in [2.45, 2.75) is 59.4 Å². The van der Waals surface area contributed by atoms with Crippen LogP contribution < -0.4 is 10.2 Å². The zero-order valence-corrected chi connectivity index (χ0v) is 13.3. The van der Waals surface area contributed by atoms with Crippen molar-refractivity contribution in [3.63, 3.8) is 0 Å². The number of nitrogens with one attached hydrogen (secondary N) is 1. The van der Waals surface area contributed by atoms with Crippen molar-refractivity contribution in [2.24, 2.45) is 5.92 Å². The van der Waals surface area contributed by atoms with E-state index < -0.39 is 0 Å². The molecule has 2 rings (SSSR count). The quantitative estimate of drug-likeness (QED) is 0.894. The molecule has 0 spiro atoms. The van der Waals surface area contributed by atoms with Crippen LogP contribution in [0, 0.1) is 5.92 Å². The fraction of sp³-hybridized carbons (Fsp3) is 0.750. The lowest BCUT2D eigenvalue weighted by Gasteiger charge is -2.38. The minimum Gasteiger partial charge on any atom is -0.370 e. The van der Waals surface area contributed by atoms with Gasteiger partial charge in [-0.05, 0) is 39.0 Å². The molecular weight excluding hydrogens is 248 g/mol. The molecule has 0 aromatic carbocycles. The van der Waals surface area contributed by atoms with E-state index in [1.807, 2.05) is 0 Å². The highest BCUT2D eigenvalue weighted by atomic mass is 15.2. The third kappa shape index (κ3) is 3.22. The number of nitrogens with zero attached hydrogens (tertiary/aromatic N) is 3. The first kappa shape index (κ1) is 15.1. The minimum absolute atomic E-state index is 0.575. The monoisotopic (exact) mass is 276 g/mol. The number of aromatic nitrogens is 2. The predicted octanol–water partition coefficient (Wildman–Crippen LogP) is 3.49. The first-order valence-electron chi connectivity index (χ1n) is 8.01. The molecule has 0 saturated carbocycles. The van der Waals surface area contributed by atoms with Gasteiger partial charge in [-0.3, -0.25) is 0 Å². The maximum absolute atomic E-state index is 4.62. The molecule has 112 valence electrons. The van der Waals surface area contributed by atoms with E-state index in [-0.39, 0.29) is 0 Å². The van der Waals surface area contributed by atoms with E-state index in [9.17, 15) is 0 Å². The molecule has 1 aliphatic rings. The summed E-state index contributed by atoms with van der Waals surface area (Å²) in [7, 11) is 0. The van der Waals surface area contributed by atoms with E-state index in [0.29, 0.717) is 6.04 Å². The lowest BCUT2D eigenvalue weighted by atomic mass is 9.94. The number of piperidine rings is 1. The molecule has 0 aliphatic carbocycles. The Morgan fingerprint density at radius 1 is 1.25 bits per heavy atom. The molecule has 1 aromatic heterocycles. The molecule has 2 unspecified atom stereocenters. The minimum atomic E-state index is 0.575. The molecule has 4 nitrogen and oxygen atoms in total. The molecule has 0 radical (unpaired) electrons. The summed E-state index contributed by atoms with van der Waals surface area (Å²) in [6.07, 6.45) is 6.45. The highest BCUT2D eigenvalue weighted by Crippen LogP contribution is 2.31. The van der Waals surface area contributed by atoms with Crippen molar-refractivity contribution in [3.05, 3.63) is 11.9 Å². The third-order valence-electron chi connectivity index (χ3n) is 4.16. The Kier molecular flexibility index (Phi) is 5.21. The van der Waals surface area contributed by atoms with E-state index in [1.165, 1.54) is 18.4 Å². The molecule has 1 N–H and O–H groups in total. The maximum Gasteiger partial charge on any atom is 0.137 e. The number of hydrogen-bond donors (Lipinski definition) is 1. The van der Waals surface area contributed by atoms with Gasteiger partial charge in [0.25, 0.3) is 0 Å². The number of anilines is 2. The molecular formula is C16H28N4. The zero-order chi connectivity index (χ0) is 14.5. The normalized spacial score (nSPS) is 22.9. The Labute approximate surface area is 123 Å². The fourth-order valence-electron chi connectivity index (χ4n) is 3.03. The molecule has 0 bridgehead atoms. The van der Waals surface area contributed by atoms with Crippen LogP contribution in [0.2, 0.25) is 0 Å². The summed E-state index contributed by atoms with van der Waals surface area (Å²) in [5.41, 5.74) is 1.29. The summed E-state index contributed by atoms with van der Waals surface area (Å²) in [5, 5.41) is 3.39. The van der Waals surface area contributed by atoms with Crippen LogP contribution >= 0.6 is 0 Å². The Balaban J connectivity index is 2.35. The van der Waals surface area contributed by atoms with Gasteiger partial charge in [0.05, 0.1) is 0 Å². The van der Waals surface area contributed by atoms with E-state index >= 15 is 0 Å². The zero-order valence-electron chi connectivity index (χ0n) is 13.3.